The molecule has 0 aliphatic carbocycles. The second-order valence-electron chi connectivity index (χ2n) is 4.36. The summed E-state index contributed by atoms with van der Waals surface area (Å²) in [6.07, 6.45) is 0. The molecule has 0 heterocycles. The van der Waals surface area contributed by atoms with Crippen LogP contribution in [0.3, 0.4) is 0 Å². The Kier molecular flexibility index (Phi) is 3.75. The van der Waals surface area contributed by atoms with Crippen LogP contribution in [-0.2, 0) is 0 Å². The molecule has 15 heavy (non-hydrogen) atoms. The van der Waals surface area contributed by atoms with E-state index in [1.54, 1.807) is 7.11 Å². The molecule has 1 atom stereocenters. The van der Waals surface area contributed by atoms with Gasteiger partial charge in [-0.2, -0.15) is 0 Å². The fourth-order valence-electron chi connectivity index (χ4n) is 1.97. The van der Waals surface area contributed by atoms with Crippen LogP contribution in [0.15, 0.2) is 12.1 Å². The monoisotopic (exact) mass is 207 g/mol. The molecule has 0 aliphatic rings. The molecule has 0 spiro atoms. The number of hydrogen-bond acceptors (Lipinski definition) is 2. The smallest absolute Gasteiger partial charge is 0.126 e. The van der Waals surface area contributed by atoms with Gasteiger partial charge in [-0.05, 0) is 30.9 Å². The molecule has 0 radical (unpaired) electrons. The second-order valence-corrected chi connectivity index (χ2v) is 4.36. The molecule has 0 saturated heterocycles. The summed E-state index contributed by atoms with van der Waals surface area (Å²) >= 11 is 0. The molecule has 2 nitrogen and oxygen atoms in total. The average molecular weight is 207 g/mol. The normalized spacial score (nSPS) is 13.0. The van der Waals surface area contributed by atoms with E-state index in [1.165, 1.54) is 5.56 Å². The zero-order chi connectivity index (χ0) is 11.6. The first kappa shape index (κ1) is 12.1. The van der Waals surface area contributed by atoms with Crippen molar-refractivity contribution in [2.75, 3.05) is 7.11 Å². The summed E-state index contributed by atoms with van der Waals surface area (Å²) in [5, 5.41) is 0. The third kappa shape index (κ3) is 2.32. The van der Waals surface area contributed by atoms with Gasteiger partial charge in [0.25, 0.3) is 0 Å². The standard InChI is InChI=1S/C13H21NO/c1-8(2)11-7-6-9(3)13(15-5)12(11)10(4)14/h6-8,10H,14H2,1-5H3. The van der Waals surface area contributed by atoms with Crippen LogP contribution in [0, 0.1) is 6.92 Å². The number of aryl methyl sites for hydroxylation is 1. The number of nitrogens with two attached hydrogens (primary N) is 1. The van der Waals surface area contributed by atoms with E-state index in [2.05, 4.69) is 32.9 Å². The SMILES string of the molecule is COc1c(C)ccc(C(C)C)c1C(C)N. The van der Waals surface area contributed by atoms with Crippen LogP contribution in [0.25, 0.3) is 0 Å². The fourth-order valence-corrected chi connectivity index (χ4v) is 1.97. The number of rotatable bonds is 3. The maximum absolute atomic E-state index is 6.02. The molecule has 2 N–H and O–H groups in total. The lowest BCUT2D eigenvalue weighted by Gasteiger charge is -2.20. The maximum atomic E-state index is 6.02. The Morgan fingerprint density at radius 1 is 1.20 bits per heavy atom. The molecule has 0 aliphatic heterocycles. The van der Waals surface area contributed by atoms with Crippen molar-refractivity contribution in [1.82, 2.24) is 0 Å². The van der Waals surface area contributed by atoms with Gasteiger partial charge in [0.1, 0.15) is 5.75 Å². The average Bonchev–Trinajstić information content (AvgIpc) is 2.16. The maximum Gasteiger partial charge on any atom is 0.126 e. The van der Waals surface area contributed by atoms with Crippen molar-refractivity contribution in [3.63, 3.8) is 0 Å². The predicted octanol–water partition coefficient (Wildman–Crippen LogP) is 3.15. The third-order valence-corrected chi connectivity index (χ3v) is 2.71. The highest BCUT2D eigenvalue weighted by Gasteiger charge is 2.16. The van der Waals surface area contributed by atoms with Crippen molar-refractivity contribution in [1.29, 1.82) is 0 Å². The second kappa shape index (κ2) is 4.67. The van der Waals surface area contributed by atoms with Crippen LogP contribution < -0.4 is 10.5 Å². The van der Waals surface area contributed by atoms with Gasteiger partial charge in [-0.1, -0.05) is 26.0 Å². The Hall–Kier alpha value is -1.02. The minimum Gasteiger partial charge on any atom is -0.496 e. The van der Waals surface area contributed by atoms with Gasteiger partial charge in [0.2, 0.25) is 0 Å². The van der Waals surface area contributed by atoms with Crippen LogP contribution in [0.1, 0.15) is 49.4 Å². The highest BCUT2D eigenvalue weighted by molar-refractivity contribution is 5.48. The van der Waals surface area contributed by atoms with E-state index in [9.17, 15) is 0 Å². The summed E-state index contributed by atoms with van der Waals surface area (Å²) < 4.78 is 5.45. The lowest BCUT2D eigenvalue weighted by atomic mass is 9.91. The largest absolute Gasteiger partial charge is 0.496 e. The summed E-state index contributed by atoms with van der Waals surface area (Å²) in [7, 11) is 1.71. The van der Waals surface area contributed by atoms with Crippen LogP contribution in [0.4, 0.5) is 0 Å². The van der Waals surface area contributed by atoms with E-state index in [1.807, 2.05) is 6.92 Å². The van der Waals surface area contributed by atoms with Gasteiger partial charge in [0.05, 0.1) is 7.11 Å². The Balaban J connectivity index is 3.42. The van der Waals surface area contributed by atoms with Gasteiger partial charge in [-0.15, -0.1) is 0 Å². The first-order valence-corrected chi connectivity index (χ1v) is 5.42. The van der Waals surface area contributed by atoms with Crippen molar-refractivity contribution in [3.8, 4) is 5.75 Å². The molecule has 0 amide bonds. The first-order valence-electron chi connectivity index (χ1n) is 5.42. The van der Waals surface area contributed by atoms with E-state index < -0.39 is 0 Å². The Bertz CT molecular complexity index is 343. The molecule has 1 unspecified atom stereocenters. The Labute approximate surface area is 92.4 Å². The minimum atomic E-state index is 0.0113. The van der Waals surface area contributed by atoms with Gasteiger partial charge in [0, 0.05) is 11.6 Å². The zero-order valence-electron chi connectivity index (χ0n) is 10.3. The number of hydrogen-bond donors (Lipinski definition) is 1. The number of ether oxygens (including phenoxy) is 1. The Morgan fingerprint density at radius 3 is 2.20 bits per heavy atom. The van der Waals surface area contributed by atoms with Crippen molar-refractivity contribution in [2.45, 2.75) is 39.7 Å². The molecule has 1 aromatic carbocycles. The van der Waals surface area contributed by atoms with Crippen LogP contribution in [0.2, 0.25) is 0 Å². The summed E-state index contributed by atoms with van der Waals surface area (Å²) in [6.45, 7) is 8.41. The van der Waals surface area contributed by atoms with Gasteiger partial charge in [0.15, 0.2) is 0 Å². The molecule has 1 aromatic rings. The lowest BCUT2D eigenvalue weighted by molar-refractivity contribution is 0.402. The van der Waals surface area contributed by atoms with Gasteiger partial charge >= 0.3 is 0 Å². The lowest BCUT2D eigenvalue weighted by Crippen LogP contribution is -2.12. The van der Waals surface area contributed by atoms with Crippen molar-refractivity contribution in [3.05, 3.63) is 28.8 Å². The van der Waals surface area contributed by atoms with Gasteiger partial charge in [-0.25, -0.2) is 0 Å². The van der Waals surface area contributed by atoms with E-state index >= 15 is 0 Å². The van der Waals surface area contributed by atoms with Gasteiger partial charge in [-0.3, -0.25) is 0 Å². The highest BCUT2D eigenvalue weighted by atomic mass is 16.5. The molecule has 0 fully saturated rings. The minimum absolute atomic E-state index is 0.0113. The van der Waals surface area contributed by atoms with Crippen molar-refractivity contribution < 1.29 is 4.74 Å². The molecule has 2 heteroatoms. The summed E-state index contributed by atoms with van der Waals surface area (Å²) in [4.78, 5) is 0. The van der Waals surface area contributed by atoms with E-state index in [0.29, 0.717) is 5.92 Å². The summed E-state index contributed by atoms with van der Waals surface area (Å²) in [6, 6.07) is 4.26. The van der Waals surface area contributed by atoms with E-state index in [4.69, 9.17) is 10.5 Å². The predicted molar refractivity (Wildman–Crippen MR) is 64.4 cm³/mol. The topological polar surface area (TPSA) is 35.2 Å². The van der Waals surface area contributed by atoms with Crippen LogP contribution in [0.5, 0.6) is 5.75 Å². The molecule has 0 saturated carbocycles. The first-order chi connectivity index (χ1) is 6.99. The molecule has 84 valence electrons. The van der Waals surface area contributed by atoms with Crippen molar-refractivity contribution in [2.24, 2.45) is 5.73 Å². The number of methoxy groups -OCH3 is 1. The summed E-state index contributed by atoms with van der Waals surface area (Å²) in [5.74, 6) is 1.41. The van der Waals surface area contributed by atoms with Crippen LogP contribution >= 0.6 is 0 Å². The highest BCUT2D eigenvalue weighted by Crippen LogP contribution is 2.34. The molecular formula is C13H21NO. The zero-order valence-corrected chi connectivity index (χ0v) is 10.3. The van der Waals surface area contributed by atoms with E-state index in [-0.39, 0.29) is 6.04 Å². The third-order valence-electron chi connectivity index (χ3n) is 2.71. The van der Waals surface area contributed by atoms with Gasteiger partial charge < -0.3 is 10.5 Å². The van der Waals surface area contributed by atoms with Crippen molar-refractivity contribution >= 4 is 0 Å². The number of benzene rings is 1. The summed E-state index contributed by atoms with van der Waals surface area (Å²) in [5.41, 5.74) is 9.60. The molecular weight excluding hydrogens is 186 g/mol. The molecule has 0 aromatic heterocycles. The quantitative estimate of drug-likeness (QED) is 0.826. The Morgan fingerprint density at radius 2 is 1.80 bits per heavy atom. The molecule has 1 rings (SSSR count). The molecule has 0 bridgehead atoms. The van der Waals surface area contributed by atoms with Crippen LogP contribution in [-0.4, -0.2) is 7.11 Å². The fraction of sp³-hybridized carbons (Fsp3) is 0.538. The van der Waals surface area contributed by atoms with E-state index in [0.717, 1.165) is 16.9 Å².